The molecule has 0 aliphatic carbocycles. The van der Waals surface area contributed by atoms with Crippen LogP contribution in [0.15, 0.2) is 121 Å². The SMILES string of the molecule is OC(c1ccccc1)[C@@H]1CN1C(c1ccccc1)(c1ccccc1)c1ccccc1. The maximum Gasteiger partial charge on any atom is 0.0977 e. The normalized spacial score (nSPS) is 19.2. The number of aliphatic hydroxyl groups is 1. The van der Waals surface area contributed by atoms with Gasteiger partial charge in [-0.3, -0.25) is 4.90 Å². The van der Waals surface area contributed by atoms with Crippen molar-refractivity contribution >= 4 is 0 Å². The topological polar surface area (TPSA) is 23.2 Å². The number of hydrogen-bond acceptors (Lipinski definition) is 2. The Hall–Kier alpha value is -3.20. The van der Waals surface area contributed by atoms with Crippen LogP contribution in [-0.2, 0) is 5.54 Å². The standard InChI is InChI=1S/C28H25NO/c30-27(22-13-5-1-6-14-22)26-21-29(26)28(23-15-7-2-8-16-23,24-17-9-3-10-18-24)25-19-11-4-12-20-25/h1-20,26-27,30H,21H2/t26-,27?,29?/m0/s1. The highest BCUT2D eigenvalue weighted by Crippen LogP contribution is 2.50. The van der Waals surface area contributed by atoms with Gasteiger partial charge in [-0.1, -0.05) is 121 Å². The summed E-state index contributed by atoms with van der Waals surface area (Å²) in [6, 6.07) is 42.0. The second-order valence-corrected chi connectivity index (χ2v) is 7.88. The lowest BCUT2D eigenvalue weighted by Crippen LogP contribution is -2.39. The van der Waals surface area contributed by atoms with E-state index in [0.29, 0.717) is 0 Å². The molecule has 30 heavy (non-hydrogen) atoms. The molecule has 5 rings (SSSR count). The molecular weight excluding hydrogens is 366 g/mol. The van der Waals surface area contributed by atoms with Gasteiger partial charge in [0.25, 0.3) is 0 Å². The Morgan fingerprint density at radius 3 is 1.37 bits per heavy atom. The fourth-order valence-corrected chi connectivity index (χ4v) is 4.72. The van der Waals surface area contributed by atoms with Crippen LogP contribution in [0.25, 0.3) is 0 Å². The molecule has 1 fully saturated rings. The molecule has 0 amide bonds. The Morgan fingerprint density at radius 1 is 0.600 bits per heavy atom. The molecule has 0 radical (unpaired) electrons. The van der Waals surface area contributed by atoms with Gasteiger partial charge in [0.1, 0.15) is 0 Å². The van der Waals surface area contributed by atoms with Crippen LogP contribution < -0.4 is 0 Å². The summed E-state index contributed by atoms with van der Waals surface area (Å²) in [4.78, 5) is 2.44. The van der Waals surface area contributed by atoms with Crippen LogP contribution in [-0.4, -0.2) is 22.6 Å². The van der Waals surface area contributed by atoms with Crippen molar-refractivity contribution < 1.29 is 5.11 Å². The summed E-state index contributed by atoms with van der Waals surface area (Å²) in [7, 11) is 0. The summed E-state index contributed by atoms with van der Waals surface area (Å²) in [5.41, 5.74) is 4.15. The second-order valence-electron chi connectivity index (χ2n) is 7.88. The quantitative estimate of drug-likeness (QED) is 0.351. The van der Waals surface area contributed by atoms with Gasteiger partial charge in [0, 0.05) is 6.54 Å². The van der Waals surface area contributed by atoms with E-state index in [-0.39, 0.29) is 6.04 Å². The van der Waals surface area contributed by atoms with Gasteiger partial charge in [0.05, 0.1) is 17.7 Å². The fourth-order valence-electron chi connectivity index (χ4n) is 4.72. The van der Waals surface area contributed by atoms with Crippen LogP contribution in [0.5, 0.6) is 0 Å². The van der Waals surface area contributed by atoms with Crippen molar-refractivity contribution in [2.24, 2.45) is 0 Å². The van der Waals surface area contributed by atoms with Crippen molar-refractivity contribution in [3.8, 4) is 0 Å². The largest absolute Gasteiger partial charge is 0.387 e. The molecule has 0 spiro atoms. The third-order valence-electron chi connectivity index (χ3n) is 6.16. The molecule has 4 aromatic rings. The highest BCUT2D eigenvalue weighted by molar-refractivity contribution is 5.51. The molecule has 2 nitrogen and oxygen atoms in total. The second kappa shape index (κ2) is 7.91. The van der Waals surface area contributed by atoms with Crippen molar-refractivity contribution in [3.63, 3.8) is 0 Å². The minimum atomic E-state index is -0.526. The molecule has 0 saturated carbocycles. The molecule has 3 atom stereocenters. The van der Waals surface area contributed by atoms with Gasteiger partial charge in [-0.25, -0.2) is 0 Å². The maximum absolute atomic E-state index is 11.2. The molecule has 1 heterocycles. The summed E-state index contributed by atoms with van der Waals surface area (Å²) in [6.07, 6.45) is -0.526. The van der Waals surface area contributed by atoms with Crippen LogP contribution in [0.1, 0.15) is 28.4 Å². The van der Waals surface area contributed by atoms with E-state index in [2.05, 4.69) is 95.9 Å². The summed E-state index contributed by atoms with van der Waals surface area (Å²) < 4.78 is 0. The summed E-state index contributed by atoms with van der Waals surface area (Å²) in [5, 5.41) is 11.2. The van der Waals surface area contributed by atoms with Crippen LogP contribution >= 0.6 is 0 Å². The van der Waals surface area contributed by atoms with Gasteiger partial charge in [0.2, 0.25) is 0 Å². The van der Waals surface area contributed by atoms with Crippen molar-refractivity contribution in [3.05, 3.63) is 144 Å². The third-order valence-corrected chi connectivity index (χ3v) is 6.16. The molecule has 1 saturated heterocycles. The fraction of sp³-hybridized carbons (Fsp3) is 0.143. The Balaban J connectivity index is 1.68. The first-order valence-corrected chi connectivity index (χ1v) is 10.5. The molecule has 4 aromatic carbocycles. The monoisotopic (exact) mass is 391 g/mol. The van der Waals surface area contributed by atoms with Crippen LogP contribution in [0.2, 0.25) is 0 Å². The Morgan fingerprint density at radius 2 is 0.967 bits per heavy atom. The lowest BCUT2D eigenvalue weighted by atomic mass is 9.76. The molecule has 148 valence electrons. The van der Waals surface area contributed by atoms with E-state index in [0.717, 1.165) is 12.1 Å². The third kappa shape index (κ3) is 3.15. The number of benzene rings is 4. The van der Waals surface area contributed by atoms with Crippen LogP contribution in [0, 0.1) is 0 Å². The van der Waals surface area contributed by atoms with Crippen LogP contribution in [0.3, 0.4) is 0 Å². The first-order chi connectivity index (χ1) is 14.8. The summed E-state index contributed by atoms with van der Waals surface area (Å²) in [6.45, 7) is 0.828. The highest BCUT2D eigenvalue weighted by Gasteiger charge is 2.55. The molecule has 0 aromatic heterocycles. The lowest BCUT2D eigenvalue weighted by molar-refractivity contribution is 0.142. The van der Waals surface area contributed by atoms with E-state index in [4.69, 9.17) is 0 Å². The zero-order valence-corrected chi connectivity index (χ0v) is 16.8. The number of rotatable bonds is 6. The van der Waals surface area contributed by atoms with Gasteiger partial charge >= 0.3 is 0 Å². The zero-order valence-electron chi connectivity index (χ0n) is 16.8. The van der Waals surface area contributed by atoms with Gasteiger partial charge in [-0.05, 0) is 22.3 Å². The first-order valence-electron chi connectivity index (χ1n) is 10.5. The van der Waals surface area contributed by atoms with E-state index in [9.17, 15) is 5.11 Å². The Labute approximate surface area is 178 Å². The molecule has 1 aliphatic heterocycles. The van der Waals surface area contributed by atoms with E-state index in [1.54, 1.807) is 0 Å². The Kier molecular flexibility index (Phi) is 4.96. The van der Waals surface area contributed by atoms with Gasteiger partial charge < -0.3 is 5.11 Å². The smallest absolute Gasteiger partial charge is 0.0977 e. The summed E-state index contributed by atoms with van der Waals surface area (Å²) in [5.74, 6) is 0. The maximum atomic E-state index is 11.2. The molecular formula is C28H25NO. The average Bonchev–Trinajstić information content (AvgIpc) is 3.63. The summed E-state index contributed by atoms with van der Waals surface area (Å²) >= 11 is 0. The van der Waals surface area contributed by atoms with E-state index < -0.39 is 11.6 Å². The lowest BCUT2D eigenvalue weighted by Gasteiger charge is -2.38. The molecule has 2 heteroatoms. The van der Waals surface area contributed by atoms with E-state index in [1.807, 2.05) is 30.3 Å². The number of nitrogens with zero attached hydrogens (tertiary/aromatic N) is 1. The van der Waals surface area contributed by atoms with Crippen molar-refractivity contribution in [1.29, 1.82) is 0 Å². The number of hydrogen-bond donors (Lipinski definition) is 1. The van der Waals surface area contributed by atoms with Crippen molar-refractivity contribution in [2.45, 2.75) is 17.7 Å². The minimum absolute atomic E-state index is 0.0491. The van der Waals surface area contributed by atoms with Crippen molar-refractivity contribution in [2.75, 3.05) is 6.54 Å². The first kappa shape index (κ1) is 18.8. The highest BCUT2D eigenvalue weighted by atomic mass is 16.3. The zero-order chi connectivity index (χ0) is 20.4. The van der Waals surface area contributed by atoms with Crippen molar-refractivity contribution in [1.82, 2.24) is 4.90 Å². The number of aliphatic hydroxyl groups excluding tert-OH is 1. The molecule has 1 N–H and O–H groups in total. The Bertz CT molecular complexity index is 984. The predicted molar refractivity (Wildman–Crippen MR) is 121 cm³/mol. The van der Waals surface area contributed by atoms with Gasteiger partial charge in [0.15, 0.2) is 0 Å². The molecule has 2 unspecified atom stereocenters. The molecule has 0 bridgehead atoms. The molecule has 1 aliphatic rings. The van der Waals surface area contributed by atoms with E-state index >= 15 is 0 Å². The predicted octanol–water partition coefficient (Wildman–Crippen LogP) is 5.40. The van der Waals surface area contributed by atoms with E-state index in [1.165, 1.54) is 16.7 Å². The van der Waals surface area contributed by atoms with Crippen LogP contribution in [0.4, 0.5) is 0 Å². The minimum Gasteiger partial charge on any atom is -0.387 e. The average molecular weight is 392 g/mol. The van der Waals surface area contributed by atoms with Gasteiger partial charge in [-0.15, -0.1) is 0 Å². The van der Waals surface area contributed by atoms with Gasteiger partial charge in [-0.2, -0.15) is 0 Å².